The van der Waals surface area contributed by atoms with E-state index in [2.05, 4.69) is 40.0 Å². The highest BCUT2D eigenvalue weighted by Gasteiger charge is 2.31. The minimum atomic E-state index is 0.658. The Kier molecular flexibility index (Phi) is 2.92. The van der Waals surface area contributed by atoms with E-state index < -0.39 is 0 Å². The van der Waals surface area contributed by atoms with Crippen LogP contribution in [0.15, 0.2) is 47.1 Å². The lowest BCUT2D eigenvalue weighted by Gasteiger charge is -2.37. The third kappa shape index (κ3) is 1.81. The monoisotopic (exact) mass is 214 g/mol. The number of hydrogen-bond donors (Lipinski definition) is 0. The second kappa shape index (κ2) is 4.08. The Bertz CT molecular complexity index is 404. The van der Waals surface area contributed by atoms with Gasteiger partial charge in [0.2, 0.25) is 0 Å². The second-order valence-corrected chi connectivity index (χ2v) is 5.48. The Morgan fingerprint density at radius 2 is 2.06 bits per heavy atom. The van der Waals surface area contributed by atoms with Crippen molar-refractivity contribution < 1.29 is 0 Å². The molecule has 1 unspecified atom stereocenters. The zero-order chi connectivity index (χ0) is 11.9. The fraction of sp³-hybridized carbons (Fsp3) is 0.500. The van der Waals surface area contributed by atoms with E-state index in [0.29, 0.717) is 11.8 Å². The van der Waals surface area contributed by atoms with Gasteiger partial charge in [-0.1, -0.05) is 48.5 Å². The Labute approximate surface area is 99.4 Å². The van der Waals surface area contributed by atoms with Gasteiger partial charge in [0, 0.05) is 5.92 Å². The van der Waals surface area contributed by atoms with E-state index in [4.69, 9.17) is 0 Å². The average molecular weight is 214 g/mol. The van der Waals surface area contributed by atoms with Crippen molar-refractivity contribution in [3.8, 4) is 0 Å². The maximum absolute atomic E-state index is 4.12. The first-order chi connectivity index (χ1) is 7.50. The lowest BCUT2D eigenvalue weighted by Crippen LogP contribution is -2.24. The number of rotatable bonds is 1. The molecule has 0 radical (unpaired) electrons. The molecular weight excluding hydrogens is 192 g/mol. The van der Waals surface area contributed by atoms with Crippen molar-refractivity contribution in [2.24, 2.45) is 11.8 Å². The van der Waals surface area contributed by atoms with Crippen LogP contribution in [-0.2, 0) is 0 Å². The molecule has 0 nitrogen and oxygen atoms in total. The summed E-state index contributed by atoms with van der Waals surface area (Å²) in [5.74, 6) is 1.37. The van der Waals surface area contributed by atoms with Gasteiger partial charge in [0.25, 0.3) is 0 Å². The molecule has 2 atom stereocenters. The smallest absolute Gasteiger partial charge is 0.00422 e. The molecule has 2 aliphatic rings. The van der Waals surface area contributed by atoms with Gasteiger partial charge in [0.05, 0.1) is 0 Å². The minimum absolute atomic E-state index is 0.658. The molecular formula is C16H22. The SMILES string of the molecule is C=C1C=C2CCC(C(=C)C)=C(C)C2[C@H](C)C1. The highest BCUT2D eigenvalue weighted by molar-refractivity contribution is 5.43. The van der Waals surface area contributed by atoms with Gasteiger partial charge in [0.1, 0.15) is 0 Å². The summed E-state index contributed by atoms with van der Waals surface area (Å²) >= 11 is 0. The average Bonchev–Trinajstić information content (AvgIpc) is 2.15. The molecule has 86 valence electrons. The van der Waals surface area contributed by atoms with Crippen LogP contribution in [0, 0.1) is 11.8 Å². The maximum Gasteiger partial charge on any atom is 0.00422 e. The fourth-order valence-electron chi connectivity index (χ4n) is 3.44. The van der Waals surface area contributed by atoms with E-state index in [-0.39, 0.29) is 0 Å². The molecule has 2 aliphatic carbocycles. The molecule has 0 aliphatic heterocycles. The van der Waals surface area contributed by atoms with E-state index in [1.165, 1.54) is 29.6 Å². The molecule has 0 aromatic heterocycles. The van der Waals surface area contributed by atoms with Gasteiger partial charge in [0.15, 0.2) is 0 Å². The molecule has 0 fully saturated rings. The van der Waals surface area contributed by atoms with Crippen LogP contribution >= 0.6 is 0 Å². The molecule has 16 heavy (non-hydrogen) atoms. The van der Waals surface area contributed by atoms with Crippen molar-refractivity contribution in [3.63, 3.8) is 0 Å². The topological polar surface area (TPSA) is 0 Å². The predicted molar refractivity (Wildman–Crippen MR) is 71.2 cm³/mol. The van der Waals surface area contributed by atoms with Crippen molar-refractivity contribution in [2.45, 2.75) is 40.0 Å². The highest BCUT2D eigenvalue weighted by atomic mass is 14.4. The first-order valence-corrected chi connectivity index (χ1v) is 6.24. The summed E-state index contributed by atoms with van der Waals surface area (Å²) in [4.78, 5) is 0. The number of allylic oxidation sites excluding steroid dienone is 6. The van der Waals surface area contributed by atoms with Gasteiger partial charge in [-0.05, 0) is 44.6 Å². The number of fused-ring (bicyclic) bond motifs is 1. The van der Waals surface area contributed by atoms with Crippen LogP contribution in [0.25, 0.3) is 0 Å². The molecule has 0 spiro atoms. The predicted octanol–water partition coefficient (Wildman–Crippen LogP) is 4.81. The summed E-state index contributed by atoms with van der Waals surface area (Å²) in [6.45, 7) is 15.0. The first-order valence-electron chi connectivity index (χ1n) is 6.24. The molecule has 0 N–H and O–H groups in total. The lowest BCUT2D eigenvalue weighted by atomic mass is 9.68. The van der Waals surface area contributed by atoms with E-state index in [1.54, 1.807) is 11.1 Å². The molecule has 0 aromatic carbocycles. The van der Waals surface area contributed by atoms with Gasteiger partial charge in [-0.15, -0.1) is 0 Å². The lowest BCUT2D eigenvalue weighted by molar-refractivity contribution is 0.419. The molecule has 0 saturated carbocycles. The molecule has 0 heterocycles. The highest BCUT2D eigenvalue weighted by Crippen LogP contribution is 2.45. The van der Waals surface area contributed by atoms with Crippen molar-refractivity contribution in [3.05, 3.63) is 47.1 Å². The Morgan fingerprint density at radius 1 is 1.38 bits per heavy atom. The molecule has 0 saturated heterocycles. The first kappa shape index (κ1) is 11.4. The van der Waals surface area contributed by atoms with Crippen LogP contribution in [0.3, 0.4) is 0 Å². The quantitative estimate of drug-likeness (QED) is 0.587. The summed E-state index contributed by atoms with van der Waals surface area (Å²) in [6.07, 6.45) is 5.86. The maximum atomic E-state index is 4.12. The van der Waals surface area contributed by atoms with Crippen LogP contribution in [0.1, 0.15) is 40.0 Å². The second-order valence-electron chi connectivity index (χ2n) is 5.48. The van der Waals surface area contributed by atoms with E-state index >= 15 is 0 Å². The summed E-state index contributed by atoms with van der Waals surface area (Å²) in [6, 6.07) is 0. The van der Waals surface area contributed by atoms with E-state index in [9.17, 15) is 0 Å². The van der Waals surface area contributed by atoms with Crippen LogP contribution in [-0.4, -0.2) is 0 Å². The summed E-state index contributed by atoms with van der Waals surface area (Å²) in [5.41, 5.74) is 7.25. The van der Waals surface area contributed by atoms with Crippen molar-refractivity contribution in [1.82, 2.24) is 0 Å². The van der Waals surface area contributed by atoms with Crippen molar-refractivity contribution >= 4 is 0 Å². The Balaban J connectivity index is 2.44. The van der Waals surface area contributed by atoms with Crippen LogP contribution in [0.5, 0.6) is 0 Å². The van der Waals surface area contributed by atoms with Gasteiger partial charge in [-0.2, -0.15) is 0 Å². The molecule has 2 rings (SSSR count). The van der Waals surface area contributed by atoms with E-state index in [1.807, 2.05) is 0 Å². The zero-order valence-electron chi connectivity index (χ0n) is 10.8. The number of hydrogen-bond acceptors (Lipinski definition) is 0. The van der Waals surface area contributed by atoms with Crippen LogP contribution in [0.4, 0.5) is 0 Å². The Hall–Kier alpha value is -1.04. The zero-order valence-corrected chi connectivity index (χ0v) is 10.8. The van der Waals surface area contributed by atoms with E-state index in [0.717, 1.165) is 6.42 Å². The van der Waals surface area contributed by atoms with Gasteiger partial charge < -0.3 is 0 Å². The molecule has 0 aromatic rings. The van der Waals surface area contributed by atoms with Gasteiger partial charge in [-0.3, -0.25) is 0 Å². The van der Waals surface area contributed by atoms with Crippen molar-refractivity contribution in [1.29, 1.82) is 0 Å². The van der Waals surface area contributed by atoms with Crippen LogP contribution in [0.2, 0.25) is 0 Å². The van der Waals surface area contributed by atoms with Gasteiger partial charge in [-0.25, -0.2) is 0 Å². The molecule has 0 amide bonds. The molecule has 0 heteroatoms. The third-order valence-corrected chi connectivity index (χ3v) is 4.06. The normalized spacial score (nSPS) is 29.9. The third-order valence-electron chi connectivity index (χ3n) is 4.06. The standard InChI is InChI=1S/C16H22/c1-10(2)15-7-6-14-9-11(3)8-12(4)16(14)13(15)5/h9,12,16H,1,3,6-8H2,2,4-5H3/t12-,16?/m1/s1. The minimum Gasteiger partial charge on any atom is -0.0958 e. The van der Waals surface area contributed by atoms with Crippen molar-refractivity contribution in [2.75, 3.05) is 0 Å². The largest absolute Gasteiger partial charge is 0.0958 e. The fourth-order valence-corrected chi connectivity index (χ4v) is 3.44. The molecule has 0 bridgehead atoms. The summed E-state index contributed by atoms with van der Waals surface area (Å²) in [5, 5.41) is 0. The van der Waals surface area contributed by atoms with Crippen LogP contribution < -0.4 is 0 Å². The van der Waals surface area contributed by atoms with Gasteiger partial charge >= 0.3 is 0 Å². The Morgan fingerprint density at radius 3 is 2.69 bits per heavy atom. The summed E-state index contributed by atoms with van der Waals surface area (Å²) in [7, 11) is 0. The summed E-state index contributed by atoms with van der Waals surface area (Å²) < 4.78 is 0.